The van der Waals surface area contributed by atoms with Gasteiger partial charge >= 0.3 is 0 Å². The molecule has 2 fully saturated rings. The van der Waals surface area contributed by atoms with Crippen LogP contribution in [0, 0.1) is 11.8 Å². The Morgan fingerprint density at radius 1 is 1.46 bits per heavy atom. The SMILES string of the molecule is C=C(O)C1=C(SC2CNC(C(=O)N(C)C)C2)C(C)C2C(C(C)O)C(=C)N12. The molecule has 6 atom stereocenters. The number of carbonyl (C=O) groups is 1. The molecule has 0 aromatic carbocycles. The van der Waals surface area contributed by atoms with Crippen LogP contribution in [0.4, 0.5) is 0 Å². The summed E-state index contributed by atoms with van der Waals surface area (Å²) in [5.41, 5.74) is 1.57. The molecule has 6 nitrogen and oxygen atoms in total. The van der Waals surface area contributed by atoms with Gasteiger partial charge in [-0.25, -0.2) is 0 Å². The number of rotatable bonds is 5. The minimum absolute atomic E-state index is 0.00206. The third-order valence-corrected chi connectivity index (χ3v) is 7.19. The molecule has 1 amide bonds. The lowest BCUT2D eigenvalue weighted by atomic mass is 9.77. The van der Waals surface area contributed by atoms with E-state index >= 15 is 0 Å². The summed E-state index contributed by atoms with van der Waals surface area (Å²) in [7, 11) is 3.54. The first-order chi connectivity index (χ1) is 12.1. The van der Waals surface area contributed by atoms with E-state index in [4.69, 9.17) is 0 Å². The van der Waals surface area contributed by atoms with Crippen molar-refractivity contribution in [2.24, 2.45) is 11.8 Å². The van der Waals surface area contributed by atoms with E-state index in [1.807, 2.05) is 4.90 Å². The Hall–Kier alpha value is -1.44. The lowest BCUT2D eigenvalue weighted by Gasteiger charge is -2.51. The number of carbonyl (C=O) groups excluding carboxylic acids is 1. The zero-order chi connectivity index (χ0) is 19.3. The van der Waals surface area contributed by atoms with Gasteiger partial charge in [-0.15, -0.1) is 11.8 Å². The van der Waals surface area contributed by atoms with Crippen LogP contribution in [-0.4, -0.2) is 70.0 Å². The van der Waals surface area contributed by atoms with E-state index in [-0.39, 0.29) is 40.8 Å². The number of fused-ring (bicyclic) bond motifs is 1. The fourth-order valence-corrected chi connectivity index (χ4v) is 5.93. The highest BCUT2D eigenvalue weighted by Crippen LogP contribution is 2.56. The maximum Gasteiger partial charge on any atom is 0.239 e. The zero-order valence-electron chi connectivity index (χ0n) is 15.9. The van der Waals surface area contributed by atoms with Crippen LogP contribution in [0.15, 0.2) is 35.2 Å². The zero-order valence-corrected chi connectivity index (χ0v) is 16.7. The van der Waals surface area contributed by atoms with Gasteiger partial charge in [0.05, 0.1) is 23.9 Å². The highest BCUT2D eigenvalue weighted by molar-refractivity contribution is 8.03. The molecule has 0 aromatic heterocycles. The van der Waals surface area contributed by atoms with Gasteiger partial charge in [-0.2, -0.15) is 0 Å². The molecule has 6 unspecified atom stereocenters. The summed E-state index contributed by atoms with van der Waals surface area (Å²) in [6.45, 7) is 12.5. The fraction of sp³-hybridized carbons (Fsp3) is 0.632. The van der Waals surface area contributed by atoms with E-state index in [9.17, 15) is 15.0 Å². The van der Waals surface area contributed by atoms with Gasteiger partial charge in [0, 0.05) is 48.3 Å². The van der Waals surface area contributed by atoms with Crippen LogP contribution in [0.25, 0.3) is 0 Å². The number of hydrogen-bond acceptors (Lipinski definition) is 6. The van der Waals surface area contributed by atoms with Crippen LogP contribution in [0.1, 0.15) is 20.3 Å². The Morgan fingerprint density at radius 2 is 2.12 bits per heavy atom. The van der Waals surface area contributed by atoms with Gasteiger partial charge in [0.1, 0.15) is 5.76 Å². The van der Waals surface area contributed by atoms with Gasteiger partial charge in [0.15, 0.2) is 0 Å². The molecule has 3 aliphatic rings. The molecule has 0 bridgehead atoms. The maximum absolute atomic E-state index is 12.2. The second kappa shape index (κ2) is 6.94. The van der Waals surface area contributed by atoms with Crippen molar-refractivity contribution in [3.05, 3.63) is 35.2 Å². The van der Waals surface area contributed by atoms with Crippen LogP contribution < -0.4 is 5.32 Å². The number of nitrogens with zero attached hydrogens (tertiary/aromatic N) is 2. The highest BCUT2D eigenvalue weighted by Gasteiger charge is 2.55. The molecular formula is C19H29N3O3S. The van der Waals surface area contributed by atoms with Crippen molar-refractivity contribution >= 4 is 17.7 Å². The summed E-state index contributed by atoms with van der Waals surface area (Å²) in [5.74, 6) is 0.313. The summed E-state index contributed by atoms with van der Waals surface area (Å²) in [4.78, 5) is 16.9. The van der Waals surface area contributed by atoms with Crippen molar-refractivity contribution in [3.63, 3.8) is 0 Å². The Bertz CT molecular complexity index is 673. The van der Waals surface area contributed by atoms with Crippen molar-refractivity contribution in [1.29, 1.82) is 0 Å². The van der Waals surface area contributed by atoms with E-state index in [1.165, 1.54) is 0 Å². The Morgan fingerprint density at radius 3 is 2.65 bits per heavy atom. The smallest absolute Gasteiger partial charge is 0.239 e. The standard InChI is InChI=1S/C19H29N3O3S/c1-9-16-15(11(3)23)10(2)22(16)17(12(4)24)18(9)26-13-7-14(20-8-13)19(25)21(5)6/h9,11,13-16,20,23-24H,2,4,7-8H2,1,3,5-6H3. The van der Waals surface area contributed by atoms with Gasteiger partial charge in [-0.1, -0.05) is 20.1 Å². The lowest BCUT2D eigenvalue weighted by Crippen LogP contribution is -2.56. The van der Waals surface area contributed by atoms with Crippen LogP contribution in [0.2, 0.25) is 0 Å². The second-order valence-electron chi connectivity index (χ2n) is 7.74. The van der Waals surface area contributed by atoms with E-state index in [1.54, 1.807) is 37.7 Å². The summed E-state index contributed by atoms with van der Waals surface area (Å²) < 4.78 is 0. The predicted molar refractivity (Wildman–Crippen MR) is 104 cm³/mol. The molecule has 3 N–H and O–H groups in total. The Kier molecular flexibility index (Phi) is 5.16. The molecule has 144 valence electrons. The summed E-state index contributed by atoms with van der Waals surface area (Å²) >= 11 is 1.72. The minimum Gasteiger partial charge on any atom is -0.506 e. The van der Waals surface area contributed by atoms with Gasteiger partial charge in [0.2, 0.25) is 5.91 Å². The van der Waals surface area contributed by atoms with Gasteiger partial charge < -0.3 is 25.3 Å². The first kappa shape index (κ1) is 19.3. The molecule has 3 heterocycles. The summed E-state index contributed by atoms with van der Waals surface area (Å²) in [5, 5.41) is 23.9. The number of amides is 1. The largest absolute Gasteiger partial charge is 0.506 e. The molecule has 0 spiro atoms. The fourth-order valence-electron chi connectivity index (χ4n) is 4.42. The van der Waals surface area contributed by atoms with Gasteiger partial charge in [0.25, 0.3) is 0 Å². The second-order valence-corrected chi connectivity index (χ2v) is 9.08. The monoisotopic (exact) mass is 379 g/mol. The van der Waals surface area contributed by atoms with E-state index in [2.05, 4.69) is 25.4 Å². The Balaban J connectivity index is 1.78. The number of aliphatic hydroxyl groups is 2. The van der Waals surface area contributed by atoms with Crippen LogP contribution in [-0.2, 0) is 4.79 Å². The van der Waals surface area contributed by atoms with Crippen molar-refractivity contribution in [3.8, 4) is 0 Å². The van der Waals surface area contributed by atoms with E-state index in [0.29, 0.717) is 0 Å². The molecule has 0 aromatic rings. The molecule has 0 saturated carbocycles. The average Bonchev–Trinajstić information content (AvgIpc) is 3.09. The maximum atomic E-state index is 12.2. The molecule has 2 saturated heterocycles. The number of hydrogen-bond donors (Lipinski definition) is 3. The van der Waals surface area contributed by atoms with Crippen LogP contribution >= 0.6 is 11.8 Å². The first-order valence-electron chi connectivity index (χ1n) is 9.04. The van der Waals surface area contributed by atoms with Crippen LogP contribution in [0.3, 0.4) is 0 Å². The normalized spacial score (nSPS) is 34.6. The molecular weight excluding hydrogens is 350 g/mol. The molecule has 0 radical (unpaired) electrons. The third-order valence-electron chi connectivity index (χ3n) is 5.68. The highest BCUT2D eigenvalue weighted by atomic mass is 32.2. The molecule has 26 heavy (non-hydrogen) atoms. The van der Waals surface area contributed by atoms with Crippen molar-refractivity contribution < 1.29 is 15.0 Å². The van der Waals surface area contributed by atoms with Gasteiger partial charge in [-0.05, 0) is 13.3 Å². The van der Waals surface area contributed by atoms with E-state index in [0.717, 1.165) is 29.3 Å². The number of aliphatic hydroxyl groups excluding tert-OH is 2. The van der Waals surface area contributed by atoms with Crippen molar-refractivity contribution in [1.82, 2.24) is 15.1 Å². The predicted octanol–water partition coefficient (Wildman–Crippen LogP) is 1.67. The topological polar surface area (TPSA) is 76.0 Å². The number of nitrogens with one attached hydrogen (secondary N) is 1. The van der Waals surface area contributed by atoms with Crippen molar-refractivity contribution in [2.45, 2.75) is 43.7 Å². The summed E-state index contributed by atoms with van der Waals surface area (Å²) in [6, 6.07) is -0.0461. The minimum atomic E-state index is -0.473. The van der Waals surface area contributed by atoms with Crippen LogP contribution in [0.5, 0.6) is 0 Å². The number of thioether (sulfide) groups is 1. The van der Waals surface area contributed by atoms with Gasteiger partial charge in [-0.3, -0.25) is 4.79 Å². The number of likely N-dealkylation sites (N-methyl/N-ethyl adjacent to an activating group) is 1. The first-order valence-corrected chi connectivity index (χ1v) is 9.92. The molecule has 0 aliphatic carbocycles. The lowest BCUT2D eigenvalue weighted by molar-refractivity contribution is -0.130. The quantitative estimate of drug-likeness (QED) is 0.631. The molecule has 3 aliphatic heterocycles. The average molecular weight is 380 g/mol. The summed E-state index contributed by atoms with van der Waals surface area (Å²) in [6.07, 6.45) is 0.285. The third kappa shape index (κ3) is 2.96. The molecule has 7 heteroatoms. The van der Waals surface area contributed by atoms with E-state index < -0.39 is 6.10 Å². The van der Waals surface area contributed by atoms with Crippen molar-refractivity contribution in [2.75, 3.05) is 20.6 Å². The molecule has 3 rings (SSSR count). The Labute approximate surface area is 159 Å².